The van der Waals surface area contributed by atoms with Gasteiger partial charge in [-0.25, -0.2) is 0 Å². The Bertz CT molecular complexity index is 459. The van der Waals surface area contributed by atoms with Crippen molar-refractivity contribution in [1.82, 2.24) is 10.2 Å². The van der Waals surface area contributed by atoms with Crippen LogP contribution in [-0.2, 0) is 4.79 Å². The minimum atomic E-state index is -0.781. The van der Waals surface area contributed by atoms with Crippen LogP contribution in [-0.4, -0.2) is 55.7 Å². The number of carbonyl (C=O) groups is 1. The van der Waals surface area contributed by atoms with E-state index in [1.807, 2.05) is 43.3 Å². The van der Waals surface area contributed by atoms with Gasteiger partial charge in [0.15, 0.2) is 0 Å². The number of carboxylic acids is 1. The normalized spacial score (nSPS) is 21.4. The van der Waals surface area contributed by atoms with E-state index in [1.165, 1.54) is 0 Å². The first-order chi connectivity index (χ1) is 9.50. The van der Waals surface area contributed by atoms with Gasteiger partial charge in [0.1, 0.15) is 6.04 Å². The molecule has 0 aliphatic carbocycles. The van der Waals surface area contributed by atoms with Gasteiger partial charge in [-0.15, -0.1) is 0 Å². The maximum atomic E-state index is 11.7. The Morgan fingerprint density at radius 3 is 2.55 bits per heavy atom. The molecule has 5 heteroatoms. The minimum Gasteiger partial charge on any atom is -0.480 e. The van der Waals surface area contributed by atoms with Crippen molar-refractivity contribution in [2.24, 2.45) is 0 Å². The van der Waals surface area contributed by atoms with Gasteiger partial charge >= 0.3 is 5.97 Å². The molecule has 5 nitrogen and oxygen atoms in total. The van der Waals surface area contributed by atoms with Gasteiger partial charge in [0, 0.05) is 45.5 Å². The van der Waals surface area contributed by atoms with Crippen molar-refractivity contribution in [3.05, 3.63) is 29.8 Å². The molecule has 1 aliphatic rings. The molecule has 1 fully saturated rings. The fraction of sp³-hybridized carbons (Fsp3) is 0.533. The first kappa shape index (κ1) is 14.8. The third-order valence-corrected chi connectivity index (χ3v) is 3.84. The summed E-state index contributed by atoms with van der Waals surface area (Å²) in [5, 5.41) is 12.9. The number of nitrogens with zero attached hydrogens (tertiary/aromatic N) is 2. The molecule has 1 aliphatic heterocycles. The van der Waals surface area contributed by atoms with Gasteiger partial charge in [-0.05, 0) is 24.6 Å². The first-order valence-corrected chi connectivity index (χ1v) is 6.97. The van der Waals surface area contributed by atoms with Crippen molar-refractivity contribution in [2.45, 2.75) is 19.0 Å². The van der Waals surface area contributed by atoms with Crippen LogP contribution in [0.2, 0.25) is 0 Å². The number of anilines is 1. The highest BCUT2D eigenvalue weighted by Crippen LogP contribution is 2.26. The molecule has 0 radical (unpaired) electrons. The molecule has 1 aromatic carbocycles. The third-order valence-electron chi connectivity index (χ3n) is 3.84. The largest absolute Gasteiger partial charge is 0.480 e. The van der Waals surface area contributed by atoms with Gasteiger partial charge in [-0.1, -0.05) is 12.1 Å². The highest BCUT2D eigenvalue weighted by atomic mass is 16.4. The first-order valence-electron chi connectivity index (χ1n) is 6.97. The Morgan fingerprint density at radius 2 is 2.05 bits per heavy atom. The quantitative estimate of drug-likeness (QED) is 0.865. The number of carboxylic acid groups (broad SMARTS) is 1. The number of benzene rings is 1. The van der Waals surface area contributed by atoms with Crippen molar-refractivity contribution in [3.8, 4) is 0 Å². The summed E-state index contributed by atoms with van der Waals surface area (Å²) < 4.78 is 0. The Hall–Kier alpha value is -1.59. The monoisotopic (exact) mass is 277 g/mol. The van der Waals surface area contributed by atoms with Crippen LogP contribution in [0.25, 0.3) is 0 Å². The predicted octanol–water partition coefficient (Wildman–Crippen LogP) is 1.17. The van der Waals surface area contributed by atoms with Crippen LogP contribution >= 0.6 is 0 Å². The highest BCUT2D eigenvalue weighted by Gasteiger charge is 2.32. The van der Waals surface area contributed by atoms with E-state index in [0.717, 1.165) is 30.9 Å². The number of hydrogen-bond acceptors (Lipinski definition) is 4. The zero-order valence-electron chi connectivity index (χ0n) is 12.3. The van der Waals surface area contributed by atoms with Crippen LogP contribution in [0, 0.1) is 0 Å². The molecular formula is C15H23N3O2. The SMILES string of the molecule is CC1CNCCN1C(C(=O)O)c1ccc(N(C)C)cc1. The van der Waals surface area contributed by atoms with Crippen molar-refractivity contribution < 1.29 is 9.90 Å². The van der Waals surface area contributed by atoms with Crippen molar-refractivity contribution in [3.63, 3.8) is 0 Å². The Morgan fingerprint density at radius 1 is 1.40 bits per heavy atom. The Balaban J connectivity index is 2.26. The number of hydrogen-bond donors (Lipinski definition) is 2. The number of nitrogens with one attached hydrogen (secondary N) is 1. The van der Waals surface area contributed by atoms with Gasteiger partial charge in [-0.2, -0.15) is 0 Å². The second-order valence-electron chi connectivity index (χ2n) is 5.52. The Labute approximate surface area is 120 Å². The smallest absolute Gasteiger partial charge is 0.325 e. The summed E-state index contributed by atoms with van der Waals surface area (Å²) in [6, 6.07) is 7.43. The van der Waals surface area contributed by atoms with E-state index in [9.17, 15) is 9.90 Å². The summed E-state index contributed by atoms with van der Waals surface area (Å²) in [5.74, 6) is -0.781. The van der Waals surface area contributed by atoms with Crippen LogP contribution < -0.4 is 10.2 Å². The van der Waals surface area contributed by atoms with E-state index >= 15 is 0 Å². The summed E-state index contributed by atoms with van der Waals surface area (Å²) in [4.78, 5) is 15.8. The van der Waals surface area contributed by atoms with Gasteiger partial charge in [0.25, 0.3) is 0 Å². The average molecular weight is 277 g/mol. The Kier molecular flexibility index (Phi) is 4.62. The molecule has 0 spiro atoms. The standard InChI is InChI=1S/C15H23N3O2/c1-11-10-16-8-9-18(11)14(15(19)20)12-4-6-13(7-5-12)17(2)3/h4-7,11,14,16H,8-10H2,1-3H3,(H,19,20). The van der Waals surface area contributed by atoms with Crippen LogP contribution in [0.1, 0.15) is 18.5 Å². The topological polar surface area (TPSA) is 55.8 Å². The molecule has 0 saturated carbocycles. The average Bonchev–Trinajstić information content (AvgIpc) is 2.41. The molecule has 1 saturated heterocycles. The van der Waals surface area contributed by atoms with Crippen LogP contribution in [0.15, 0.2) is 24.3 Å². The van der Waals surface area contributed by atoms with Crippen LogP contribution in [0.3, 0.4) is 0 Å². The van der Waals surface area contributed by atoms with Gasteiger partial charge in [-0.3, -0.25) is 9.69 Å². The zero-order valence-corrected chi connectivity index (χ0v) is 12.3. The summed E-state index contributed by atoms with van der Waals surface area (Å²) in [5.41, 5.74) is 1.92. The van der Waals surface area contributed by atoms with E-state index in [-0.39, 0.29) is 6.04 Å². The van der Waals surface area contributed by atoms with E-state index in [0.29, 0.717) is 0 Å². The lowest BCUT2D eigenvalue weighted by molar-refractivity contribution is -0.145. The molecule has 1 heterocycles. The van der Waals surface area contributed by atoms with E-state index < -0.39 is 12.0 Å². The third kappa shape index (κ3) is 3.11. The maximum Gasteiger partial charge on any atom is 0.325 e. The lowest BCUT2D eigenvalue weighted by atomic mass is 10.0. The number of rotatable bonds is 4. The van der Waals surface area contributed by atoms with Gasteiger partial charge in [0.2, 0.25) is 0 Å². The summed E-state index contributed by atoms with van der Waals surface area (Å²) in [6.45, 7) is 4.49. The molecule has 0 aromatic heterocycles. The second kappa shape index (κ2) is 6.24. The van der Waals surface area contributed by atoms with Crippen molar-refractivity contribution >= 4 is 11.7 Å². The van der Waals surface area contributed by atoms with E-state index in [4.69, 9.17) is 0 Å². The number of piperazine rings is 1. The fourth-order valence-corrected chi connectivity index (χ4v) is 2.67. The summed E-state index contributed by atoms with van der Waals surface area (Å²) in [7, 11) is 3.95. The molecule has 2 atom stereocenters. The van der Waals surface area contributed by atoms with E-state index in [1.54, 1.807) is 0 Å². The highest BCUT2D eigenvalue weighted by molar-refractivity contribution is 5.76. The molecule has 2 unspecified atom stereocenters. The molecule has 1 aromatic rings. The molecule has 2 rings (SSSR count). The maximum absolute atomic E-state index is 11.7. The fourth-order valence-electron chi connectivity index (χ4n) is 2.67. The molecule has 2 N–H and O–H groups in total. The van der Waals surface area contributed by atoms with Crippen molar-refractivity contribution in [1.29, 1.82) is 0 Å². The van der Waals surface area contributed by atoms with Crippen LogP contribution in [0.4, 0.5) is 5.69 Å². The lowest BCUT2D eigenvalue weighted by Gasteiger charge is -2.38. The van der Waals surface area contributed by atoms with E-state index in [2.05, 4.69) is 17.1 Å². The molecular weight excluding hydrogens is 254 g/mol. The molecule has 0 bridgehead atoms. The van der Waals surface area contributed by atoms with Gasteiger partial charge in [0.05, 0.1) is 0 Å². The minimum absolute atomic E-state index is 0.221. The second-order valence-corrected chi connectivity index (χ2v) is 5.52. The molecule has 110 valence electrons. The summed E-state index contributed by atoms with van der Waals surface area (Å²) >= 11 is 0. The summed E-state index contributed by atoms with van der Waals surface area (Å²) in [6.07, 6.45) is 0. The lowest BCUT2D eigenvalue weighted by Crippen LogP contribution is -2.52. The molecule has 0 amide bonds. The predicted molar refractivity (Wildman–Crippen MR) is 80.2 cm³/mol. The van der Waals surface area contributed by atoms with Gasteiger partial charge < -0.3 is 15.3 Å². The molecule has 20 heavy (non-hydrogen) atoms. The number of aliphatic carboxylic acids is 1. The van der Waals surface area contributed by atoms with Crippen molar-refractivity contribution in [2.75, 3.05) is 38.6 Å². The zero-order chi connectivity index (χ0) is 14.7. The van der Waals surface area contributed by atoms with Crippen LogP contribution in [0.5, 0.6) is 0 Å².